The molecule has 124 valence electrons. The van der Waals surface area contributed by atoms with Gasteiger partial charge in [0.15, 0.2) is 0 Å². The number of amides is 2. The maximum Gasteiger partial charge on any atom is 0.248 e. The highest BCUT2D eigenvalue weighted by atomic mass is 35.5. The fraction of sp³-hybridized carbons (Fsp3) is 0.500. The summed E-state index contributed by atoms with van der Waals surface area (Å²) in [5.41, 5.74) is 1.01. The number of hydrogen-bond donors (Lipinski definition) is 2. The molecular formula is C16H20ClN3O3. The van der Waals surface area contributed by atoms with Crippen molar-refractivity contribution in [2.24, 2.45) is 0 Å². The lowest BCUT2D eigenvalue weighted by molar-refractivity contribution is -0.156. The molecule has 2 saturated heterocycles. The molecule has 0 bridgehead atoms. The summed E-state index contributed by atoms with van der Waals surface area (Å²) in [5.74, 6) is -0.415. The Morgan fingerprint density at radius 1 is 1.35 bits per heavy atom. The number of halogens is 1. The molecule has 3 rings (SSSR count). The Morgan fingerprint density at radius 2 is 2.09 bits per heavy atom. The Labute approximate surface area is 140 Å². The van der Waals surface area contributed by atoms with Crippen LogP contribution in [0.3, 0.4) is 0 Å². The minimum absolute atomic E-state index is 0.206. The molecule has 2 N–H and O–H groups in total. The van der Waals surface area contributed by atoms with Crippen molar-refractivity contribution in [1.29, 1.82) is 0 Å². The fourth-order valence-electron chi connectivity index (χ4n) is 3.16. The number of rotatable bonds is 3. The first kappa shape index (κ1) is 16.2. The average molecular weight is 338 g/mol. The topological polar surface area (TPSA) is 72.9 Å². The van der Waals surface area contributed by atoms with Crippen LogP contribution in [0.4, 0.5) is 0 Å². The number of nitrogens with zero attached hydrogens (tertiary/aromatic N) is 2. The Bertz CT molecular complexity index is 622. The maximum absolute atomic E-state index is 12.4. The molecule has 3 atom stereocenters. The van der Waals surface area contributed by atoms with Crippen LogP contribution in [0.5, 0.6) is 0 Å². The lowest BCUT2D eigenvalue weighted by Crippen LogP contribution is -2.70. The van der Waals surface area contributed by atoms with Crippen molar-refractivity contribution in [3.05, 3.63) is 34.9 Å². The van der Waals surface area contributed by atoms with Gasteiger partial charge in [-0.25, -0.2) is 0 Å². The van der Waals surface area contributed by atoms with Crippen molar-refractivity contribution in [1.82, 2.24) is 15.1 Å². The first-order valence-electron chi connectivity index (χ1n) is 7.72. The zero-order valence-electron chi connectivity index (χ0n) is 12.9. The molecule has 1 aromatic rings. The molecule has 0 aromatic heterocycles. The molecule has 2 fully saturated rings. The second kappa shape index (κ2) is 6.47. The van der Waals surface area contributed by atoms with Gasteiger partial charge in [0.2, 0.25) is 11.8 Å². The Hall–Kier alpha value is -1.63. The van der Waals surface area contributed by atoms with Gasteiger partial charge in [-0.1, -0.05) is 29.8 Å². The predicted molar refractivity (Wildman–Crippen MR) is 85.8 cm³/mol. The van der Waals surface area contributed by atoms with E-state index in [0.717, 1.165) is 5.56 Å². The molecule has 0 spiro atoms. The summed E-state index contributed by atoms with van der Waals surface area (Å²) in [4.78, 5) is 28.4. The van der Waals surface area contributed by atoms with Gasteiger partial charge in [0, 0.05) is 31.2 Å². The maximum atomic E-state index is 12.4. The van der Waals surface area contributed by atoms with Crippen LogP contribution in [0, 0.1) is 0 Å². The third-order valence-electron chi connectivity index (χ3n) is 4.45. The van der Waals surface area contributed by atoms with Gasteiger partial charge in [0.1, 0.15) is 12.1 Å². The SMILES string of the molecule is C[C@H](O)[C@H]1NC(=O)[C@H]2CN(Cc3ccccc3Cl)CCN2C1=O. The number of nitrogens with one attached hydrogen (secondary N) is 1. The number of aliphatic hydroxyl groups excluding tert-OH is 1. The second-order valence-electron chi connectivity index (χ2n) is 6.10. The van der Waals surface area contributed by atoms with E-state index >= 15 is 0 Å². The van der Waals surface area contributed by atoms with Crippen molar-refractivity contribution in [2.75, 3.05) is 19.6 Å². The highest BCUT2D eigenvalue weighted by Crippen LogP contribution is 2.22. The van der Waals surface area contributed by atoms with Crippen molar-refractivity contribution >= 4 is 23.4 Å². The largest absolute Gasteiger partial charge is 0.391 e. The number of hydrogen-bond acceptors (Lipinski definition) is 4. The summed E-state index contributed by atoms with van der Waals surface area (Å²) < 4.78 is 0. The van der Waals surface area contributed by atoms with E-state index in [0.29, 0.717) is 31.2 Å². The first-order valence-corrected chi connectivity index (χ1v) is 8.10. The summed E-state index contributed by atoms with van der Waals surface area (Å²) in [6, 6.07) is 6.28. The molecule has 1 aromatic carbocycles. The van der Waals surface area contributed by atoms with E-state index in [1.807, 2.05) is 24.3 Å². The highest BCUT2D eigenvalue weighted by molar-refractivity contribution is 6.31. The summed E-state index contributed by atoms with van der Waals surface area (Å²) in [6.45, 7) is 3.77. The van der Waals surface area contributed by atoms with Crippen LogP contribution in [0.15, 0.2) is 24.3 Å². The van der Waals surface area contributed by atoms with Crippen LogP contribution in [0.2, 0.25) is 5.02 Å². The monoisotopic (exact) mass is 337 g/mol. The normalized spacial score (nSPS) is 26.7. The van der Waals surface area contributed by atoms with Gasteiger partial charge >= 0.3 is 0 Å². The minimum Gasteiger partial charge on any atom is -0.391 e. The standard InChI is InChI=1S/C16H20ClN3O3/c1-10(21)14-16(23)20-7-6-19(9-13(20)15(22)18-14)8-11-4-2-3-5-12(11)17/h2-5,10,13-14,21H,6-9H2,1H3,(H,18,22)/t10-,13+,14+/m0/s1. The molecule has 2 aliphatic heterocycles. The van der Waals surface area contributed by atoms with E-state index in [1.54, 1.807) is 4.90 Å². The van der Waals surface area contributed by atoms with E-state index in [-0.39, 0.29) is 11.8 Å². The Morgan fingerprint density at radius 3 is 2.78 bits per heavy atom. The highest BCUT2D eigenvalue weighted by Gasteiger charge is 2.44. The van der Waals surface area contributed by atoms with Gasteiger partial charge in [-0.3, -0.25) is 14.5 Å². The van der Waals surface area contributed by atoms with Crippen LogP contribution in [-0.4, -0.2) is 64.5 Å². The third kappa shape index (κ3) is 3.20. The molecule has 2 amide bonds. The third-order valence-corrected chi connectivity index (χ3v) is 4.82. The van der Waals surface area contributed by atoms with Crippen LogP contribution in [0.25, 0.3) is 0 Å². The summed E-state index contributed by atoms with van der Waals surface area (Å²) in [5, 5.41) is 13.0. The Kier molecular flexibility index (Phi) is 4.57. The van der Waals surface area contributed by atoms with Gasteiger partial charge in [0.05, 0.1) is 6.10 Å². The Balaban J connectivity index is 1.70. The zero-order chi connectivity index (χ0) is 16.6. The quantitative estimate of drug-likeness (QED) is 0.828. The van der Waals surface area contributed by atoms with E-state index in [9.17, 15) is 14.7 Å². The molecule has 2 heterocycles. The van der Waals surface area contributed by atoms with Gasteiger partial charge in [0.25, 0.3) is 0 Å². The number of benzene rings is 1. The molecule has 0 radical (unpaired) electrons. The molecule has 7 heteroatoms. The van der Waals surface area contributed by atoms with Crippen molar-refractivity contribution in [3.8, 4) is 0 Å². The molecule has 0 unspecified atom stereocenters. The lowest BCUT2D eigenvalue weighted by Gasteiger charge is -2.45. The summed E-state index contributed by atoms with van der Waals surface area (Å²) in [7, 11) is 0. The van der Waals surface area contributed by atoms with Gasteiger partial charge in [-0.2, -0.15) is 0 Å². The minimum atomic E-state index is -0.895. The fourth-order valence-corrected chi connectivity index (χ4v) is 3.35. The van der Waals surface area contributed by atoms with E-state index in [2.05, 4.69) is 10.2 Å². The first-order chi connectivity index (χ1) is 11.0. The summed E-state index contributed by atoms with van der Waals surface area (Å²) in [6.07, 6.45) is -0.895. The van der Waals surface area contributed by atoms with Crippen molar-refractivity contribution in [2.45, 2.75) is 31.7 Å². The average Bonchev–Trinajstić information content (AvgIpc) is 2.53. The van der Waals surface area contributed by atoms with Gasteiger partial charge < -0.3 is 15.3 Å². The van der Waals surface area contributed by atoms with Gasteiger partial charge in [-0.15, -0.1) is 0 Å². The summed E-state index contributed by atoms with van der Waals surface area (Å²) >= 11 is 6.19. The molecule has 0 aliphatic carbocycles. The van der Waals surface area contributed by atoms with Crippen molar-refractivity contribution < 1.29 is 14.7 Å². The number of carbonyl (C=O) groups excluding carboxylic acids is 2. The molecule has 2 aliphatic rings. The molecular weight excluding hydrogens is 318 g/mol. The second-order valence-corrected chi connectivity index (χ2v) is 6.51. The molecule has 0 saturated carbocycles. The van der Waals surface area contributed by atoms with E-state index < -0.39 is 18.2 Å². The van der Waals surface area contributed by atoms with E-state index in [4.69, 9.17) is 11.6 Å². The molecule has 23 heavy (non-hydrogen) atoms. The van der Waals surface area contributed by atoms with E-state index in [1.165, 1.54) is 6.92 Å². The number of carbonyl (C=O) groups is 2. The number of piperazine rings is 2. The lowest BCUT2D eigenvalue weighted by atomic mass is 10.0. The predicted octanol–water partition coefficient (Wildman–Crippen LogP) is 0.232. The zero-order valence-corrected chi connectivity index (χ0v) is 13.7. The number of aliphatic hydroxyl groups is 1. The number of fused-ring (bicyclic) bond motifs is 1. The van der Waals surface area contributed by atoms with Gasteiger partial charge in [-0.05, 0) is 18.6 Å². The van der Waals surface area contributed by atoms with Crippen LogP contribution >= 0.6 is 11.6 Å². The van der Waals surface area contributed by atoms with Crippen LogP contribution in [0.1, 0.15) is 12.5 Å². The van der Waals surface area contributed by atoms with Crippen LogP contribution in [-0.2, 0) is 16.1 Å². The smallest absolute Gasteiger partial charge is 0.248 e. The van der Waals surface area contributed by atoms with Crippen molar-refractivity contribution in [3.63, 3.8) is 0 Å². The molecule has 6 nitrogen and oxygen atoms in total. The van der Waals surface area contributed by atoms with Crippen LogP contribution < -0.4 is 5.32 Å².